The van der Waals surface area contributed by atoms with Gasteiger partial charge in [0.15, 0.2) is 11.5 Å². The van der Waals surface area contributed by atoms with E-state index < -0.39 is 0 Å². The molecular weight excluding hydrogens is 308 g/mol. The number of aromatic hydroxyl groups is 1. The number of nitrogens with one attached hydrogen (secondary N) is 1. The van der Waals surface area contributed by atoms with Crippen LogP contribution < -0.4 is 15.0 Å². The van der Waals surface area contributed by atoms with E-state index in [0.29, 0.717) is 22.7 Å². The number of carbonyl (C=O) groups is 2. The molecule has 2 N–H and O–H groups in total. The number of hydrogen-bond acceptors (Lipinski definition) is 4. The minimum absolute atomic E-state index is 0.00482. The number of benzene rings is 2. The van der Waals surface area contributed by atoms with Crippen LogP contribution in [0.3, 0.4) is 0 Å². The van der Waals surface area contributed by atoms with E-state index in [9.17, 15) is 14.7 Å². The van der Waals surface area contributed by atoms with E-state index in [1.54, 1.807) is 36.4 Å². The smallest absolute Gasteiger partial charge is 0.251 e. The number of nitrogens with zero attached hydrogens (tertiary/aromatic N) is 1. The average molecular weight is 324 g/mol. The van der Waals surface area contributed by atoms with Gasteiger partial charge in [-0.15, -0.1) is 0 Å². The first-order chi connectivity index (χ1) is 11.6. The van der Waals surface area contributed by atoms with Gasteiger partial charge in [0, 0.05) is 6.08 Å². The predicted octanol–water partition coefficient (Wildman–Crippen LogP) is 2.40. The van der Waals surface area contributed by atoms with Crippen molar-refractivity contribution in [3.63, 3.8) is 0 Å². The van der Waals surface area contributed by atoms with Crippen LogP contribution in [0.15, 0.2) is 48.5 Å². The number of methoxy groups -OCH3 is 1. The Morgan fingerprint density at radius 3 is 2.83 bits per heavy atom. The number of phenols is 1. The lowest BCUT2D eigenvalue weighted by Gasteiger charge is -2.28. The fraction of sp³-hybridized carbons (Fsp3) is 0.111. The van der Waals surface area contributed by atoms with E-state index >= 15 is 0 Å². The third-order valence-corrected chi connectivity index (χ3v) is 3.66. The SMILES string of the molecule is COc1ccc(C=CC(=O)N2CC(=O)Nc3ccccc32)cc1O. The molecule has 0 fully saturated rings. The Labute approximate surface area is 139 Å². The van der Waals surface area contributed by atoms with Gasteiger partial charge in [-0.2, -0.15) is 0 Å². The molecule has 6 heteroatoms. The lowest BCUT2D eigenvalue weighted by Crippen LogP contribution is -2.41. The minimum Gasteiger partial charge on any atom is -0.504 e. The highest BCUT2D eigenvalue weighted by Crippen LogP contribution is 2.29. The molecule has 0 aromatic heterocycles. The maximum absolute atomic E-state index is 12.5. The van der Waals surface area contributed by atoms with Crippen molar-refractivity contribution in [2.75, 3.05) is 23.9 Å². The van der Waals surface area contributed by atoms with Gasteiger partial charge in [-0.3, -0.25) is 14.5 Å². The van der Waals surface area contributed by atoms with E-state index in [1.165, 1.54) is 24.2 Å². The maximum atomic E-state index is 12.5. The van der Waals surface area contributed by atoms with Gasteiger partial charge in [0.2, 0.25) is 5.91 Å². The van der Waals surface area contributed by atoms with Crippen LogP contribution in [0.2, 0.25) is 0 Å². The van der Waals surface area contributed by atoms with Crippen LogP contribution >= 0.6 is 0 Å². The standard InChI is InChI=1S/C18H16N2O4/c1-24-16-8-6-12(10-15(16)21)7-9-18(23)20-11-17(22)19-13-4-2-3-5-14(13)20/h2-10,21H,11H2,1H3,(H,19,22). The summed E-state index contributed by atoms with van der Waals surface area (Å²) < 4.78 is 4.98. The van der Waals surface area contributed by atoms with Crippen molar-refractivity contribution >= 4 is 29.3 Å². The molecule has 0 saturated heterocycles. The molecule has 0 bridgehead atoms. The Balaban J connectivity index is 1.82. The zero-order chi connectivity index (χ0) is 17.1. The Morgan fingerprint density at radius 2 is 2.08 bits per heavy atom. The van der Waals surface area contributed by atoms with Crippen LogP contribution in [0.1, 0.15) is 5.56 Å². The summed E-state index contributed by atoms with van der Waals surface area (Å²) in [5.74, 6) is -0.194. The molecule has 0 aliphatic carbocycles. The summed E-state index contributed by atoms with van der Waals surface area (Å²) in [5, 5.41) is 12.5. The quantitative estimate of drug-likeness (QED) is 0.850. The average Bonchev–Trinajstić information content (AvgIpc) is 2.59. The second kappa shape index (κ2) is 6.45. The monoisotopic (exact) mass is 324 g/mol. The molecule has 1 heterocycles. The summed E-state index contributed by atoms with van der Waals surface area (Å²) in [6, 6.07) is 12.0. The van der Waals surface area contributed by atoms with Gasteiger partial charge in [0.05, 0.1) is 18.5 Å². The van der Waals surface area contributed by atoms with Gasteiger partial charge in [-0.05, 0) is 35.9 Å². The molecule has 3 rings (SSSR count). The van der Waals surface area contributed by atoms with Crippen molar-refractivity contribution in [1.82, 2.24) is 0 Å². The van der Waals surface area contributed by atoms with Crippen LogP contribution in [-0.4, -0.2) is 30.6 Å². The summed E-state index contributed by atoms with van der Waals surface area (Å²) in [6.07, 6.45) is 2.95. The predicted molar refractivity (Wildman–Crippen MR) is 91.1 cm³/mol. The number of phenolic OH excluding ortho intramolecular Hbond substituents is 1. The molecule has 122 valence electrons. The highest BCUT2D eigenvalue weighted by Gasteiger charge is 2.25. The molecule has 1 aliphatic rings. The molecule has 1 aliphatic heterocycles. The third kappa shape index (κ3) is 3.08. The molecule has 24 heavy (non-hydrogen) atoms. The molecule has 0 spiro atoms. The van der Waals surface area contributed by atoms with Crippen molar-refractivity contribution in [1.29, 1.82) is 0 Å². The molecule has 2 aromatic rings. The number of carbonyl (C=O) groups excluding carboxylic acids is 2. The van der Waals surface area contributed by atoms with Crippen LogP contribution in [-0.2, 0) is 9.59 Å². The van der Waals surface area contributed by atoms with E-state index in [1.807, 2.05) is 6.07 Å². The summed E-state index contributed by atoms with van der Waals surface area (Å²) in [6.45, 7) is -0.0337. The fourth-order valence-corrected chi connectivity index (χ4v) is 2.50. The fourth-order valence-electron chi connectivity index (χ4n) is 2.50. The second-order valence-corrected chi connectivity index (χ2v) is 5.25. The van der Waals surface area contributed by atoms with E-state index in [-0.39, 0.29) is 24.1 Å². The summed E-state index contributed by atoms with van der Waals surface area (Å²) in [7, 11) is 1.47. The lowest BCUT2D eigenvalue weighted by atomic mass is 10.1. The first kappa shape index (κ1) is 15.6. The molecule has 2 amide bonds. The number of amides is 2. The molecule has 0 atom stereocenters. The van der Waals surface area contributed by atoms with Crippen molar-refractivity contribution in [3.05, 3.63) is 54.1 Å². The summed E-state index contributed by atoms with van der Waals surface area (Å²) in [4.78, 5) is 25.6. The first-order valence-corrected chi connectivity index (χ1v) is 7.34. The Bertz CT molecular complexity index is 830. The molecule has 0 saturated carbocycles. The minimum atomic E-state index is -0.312. The molecule has 6 nitrogen and oxygen atoms in total. The van der Waals surface area contributed by atoms with Crippen LogP contribution in [0, 0.1) is 0 Å². The van der Waals surface area contributed by atoms with Crippen molar-refractivity contribution in [2.24, 2.45) is 0 Å². The van der Waals surface area contributed by atoms with Gasteiger partial charge in [-0.1, -0.05) is 18.2 Å². The molecular formula is C18H16N2O4. The number of fused-ring (bicyclic) bond motifs is 1. The summed E-state index contributed by atoms with van der Waals surface area (Å²) >= 11 is 0. The van der Waals surface area contributed by atoms with Gasteiger partial charge < -0.3 is 15.2 Å². The van der Waals surface area contributed by atoms with E-state index in [4.69, 9.17) is 4.74 Å². The zero-order valence-electron chi connectivity index (χ0n) is 13.0. The van der Waals surface area contributed by atoms with Crippen molar-refractivity contribution in [3.8, 4) is 11.5 Å². The maximum Gasteiger partial charge on any atom is 0.251 e. The Hall–Kier alpha value is -3.28. The Kier molecular flexibility index (Phi) is 4.20. The van der Waals surface area contributed by atoms with E-state index in [2.05, 4.69) is 5.32 Å². The van der Waals surface area contributed by atoms with Crippen LogP contribution in [0.4, 0.5) is 11.4 Å². The number of anilines is 2. The number of hydrogen-bond donors (Lipinski definition) is 2. The largest absolute Gasteiger partial charge is 0.504 e. The lowest BCUT2D eigenvalue weighted by molar-refractivity contribution is -0.119. The highest BCUT2D eigenvalue weighted by atomic mass is 16.5. The number of para-hydroxylation sites is 2. The number of rotatable bonds is 3. The van der Waals surface area contributed by atoms with Gasteiger partial charge in [-0.25, -0.2) is 0 Å². The van der Waals surface area contributed by atoms with Gasteiger partial charge in [0.25, 0.3) is 5.91 Å². The molecule has 0 radical (unpaired) electrons. The van der Waals surface area contributed by atoms with Crippen LogP contribution in [0.5, 0.6) is 11.5 Å². The Morgan fingerprint density at radius 1 is 1.29 bits per heavy atom. The third-order valence-electron chi connectivity index (χ3n) is 3.66. The highest BCUT2D eigenvalue weighted by molar-refractivity contribution is 6.13. The van der Waals surface area contributed by atoms with E-state index in [0.717, 1.165) is 0 Å². The van der Waals surface area contributed by atoms with Crippen LogP contribution in [0.25, 0.3) is 6.08 Å². The summed E-state index contributed by atoms with van der Waals surface area (Å²) in [5.41, 5.74) is 1.92. The topological polar surface area (TPSA) is 78.9 Å². The van der Waals surface area contributed by atoms with Crippen molar-refractivity contribution in [2.45, 2.75) is 0 Å². The second-order valence-electron chi connectivity index (χ2n) is 5.25. The van der Waals surface area contributed by atoms with Crippen molar-refractivity contribution < 1.29 is 19.4 Å². The number of ether oxygens (including phenoxy) is 1. The first-order valence-electron chi connectivity index (χ1n) is 7.34. The van der Waals surface area contributed by atoms with Gasteiger partial charge in [0.1, 0.15) is 6.54 Å². The molecule has 0 unspecified atom stereocenters. The molecule has 2 aromatic carbocycles. The normalized spacial score (nSPS) is 13.5. The van der Waals surface area contributed by atoms with Gasteiger partial charge >= 0.3 is 0 Å². The zero-order valence-corrected chi connectivity index (χ0v) is 13.0.